The molecule has 82 valence electrons. The number of nitrogens with zero attached hydrogens (tertiary/aromatic N) is 1. The quantitative estimate of drug-likeness (QED) is 0.770. The molecule has 1 fully saturated rings. The van der Waals surface area contributed by atoms with Gasteiger partial charge in [0.05, 0.1) is 5.69 Å². The van der Waals surface area contributed by atoms with Gasteiger partial charge in [-0.3, -0.25) is 4.79 Å². The van der Waals surface area contributed by atoms with Crippen LogP contribution in [0.4, 0.5) is 0 Å². The van der Waals surface area contributed by atoms with Crippen LogP contribution in [0.2, 0.25) is 0 Å². The normalized spacial score (nSPS) is 26.9. The third-order valence-electron chi connectivity index (χ3n) is 3.35. The van der Waals surface area contributed by atoms with Crippen molar-refractivity contribution in [2.24, 2.45) is 5.92 Å². The lowest BCUT2D eigenvalue weighted by Crippen LogP contribution is -2.22. The summed E-state index contributed by atoms with van der Waals surface area (Å²) in [6.45, 7) is 4.24. The number of carbonyl (C=O) groups is 1. The molecule has 0 aliphatic heterocycles. The minimum absolute atomic E-state index is 0.427. The fraction of sp³-hybridized carbons (Fsp3) is 0.667. The van der Waals surface area contributed by atoms with Gasteiger partial charge < -0.3 is 0 Å². The Morgan fingerprint density at radius 2 is 2.40 bits per heavy atom. The summed E-state index contributed by atoms with van der Waals surface area (Å²) in [5.74, 6) is 1.56. The van der Waals surface area contributed by atoms with Crippen LogP contribution in [-0.4, -0.2) is 10.2 Å². The van der Waals surface area contributed by atoms with Crippen LogP contribution < -0.4 is 0 Å². The first kappa shape index (κ1) is 10.8. The highest BCUT2D eigenvalue weighted by molar-refractivity contribution is 7.05. The maximum atomic E-state index is 11.5. The van der Waals surface area contributed by atoms with Gasteiger partial charge in [-0.2, -0.15) is 4.37 Å². The van der Waals surface area contributed by atoms with Gasteiger partial charge in [-0.1, -0.05) is 13.3 Å². The number of rotatable bonds is 2. The second-order valence-electron chi connectivity index (χ2n) is 4.43. The zero-order chi connectivity index (χ0) is 10.8. The average molecular weight is 223 g/mol. The highest BCUT2D eigenvalue weighted by atomic mass is 32.1. The average Bonchev–Trinajstić information content (AvgIpc) is 2.65. The fourth-order valence-electron chi connectivity index (χ4n) is 2.44. The van der Waals surface area contributed by atoms with Crippen molar-refractivity contribution in [3.63, 3.8) is 0 Å². The van der Waals surface area contributed by atoms with Crippen LogP contribution in [0, 0.1) is 12.8 Å². The molecule has 2 atom stereocenters. The summed E-state index contributed by atoms with van der Waals surface area (Å²) in [5.41, 5.74) is 1.09. The largest absolute Gasteiger partial charge is 0.300 e. The molecule has 1 aliphatic rings. The second kappa shape index (κ2) is 4.44. The van der Waals surface area contributed by atoms with Crippen molar-refractivity contribution >= 4 is 17.3 Å². The molecule has 0 spiro atoms. The van der Waals surface area contributed by atoms with E-state index >= 15 is 0 Å². The molecule has 3 heteroatoms. The number of aryl methyl sites for hydroxylation is 1. The number of Topliss-reactive ketones (excluding diaryl/α,β-unsaturated/α-hetero) is 1. The van der Waals surface area contributed by atoms with Crippen LogP contribution in [0.5, 0.6) is 0 Å². The predicted octanol–water partition coefficient (Wildman–Crippen LogP) is 3.31. The van der Waals surface area contributed by atoms with E-state index in [0.29, 0.717) is 17.6 Å². The number of ketones is 1. The standard InChI is InChI=1S/C12H17NOS/c1-3-9-4-5-10(14)7-11(9)12-6-8(2)13-15-12/h6,9,11H,3-5,7H2,1-2H3. The van der Waals surface area contributed by atoms with Gasteiger partial charge in [-0.05, 0) is 36.9 Å². The van der Waals surface area contributed by atoms with E-state index in [2.05, 4.69) is 17.4 Å². The van der Waals surface area contributed by atoms with Gasteiger partial charge in [0, 0.05) is 23.6 Å². The van der Waals surface area contributed by atoms with E-state index < -0.39 is 0 Å². The molecule has 15 heavy (non-hydrogen) atoms. The third-order valence-corrected chi connectivity index (χ3v) is 4.36. The Bertz CT molecular complexity index is 358. The predicted molar refractivity (Wildman–Crippen MR) is 62.2 cm³/mol. The first-order valence-electron chi connectivity index (χ1n) is 5.65. The second-order valence-corrected chi connectivity index (χ2v) is 5.26. The van der Waals surface area contributed by atoms with E-state index in [-0.39, 0.29) is 0 Å². The van der Waals surface area contributed by atoms with Crippen LogP contribution in [-0.2, 0) is 4.79 Å². The lowest BCUT2D eigenvalue weighted by Gasteiger charge is -2.28. The van der Waals surface area contributed by atoms with Gasteiger partial charge in [0.25, 0.3) is 0 Å². The highest BCUT2D eigenvalue weighted by Crippen LogP contribution is 2.39. The molecule has 0 N–H and O–H groups in total. The Kier molecular flexibility index (Phi) is 3.19. The zero-order valence-corrected chi connectivity index (χ0v) is 10.1. The molecule has 2 unspecified atom stereocenters. The van der Waals surface area contributed by atoms with Crippen molar-refractivity contribution in [3.8, 4) is 0 Å². The molecule has 0 aromatic carbocycles. The minimum atomic E-state index is 0.427. The third kappa shape index (κ3) is 2.28. The maximum Gasteiger partial charge on any atom is 0.133 e. The first-order valence-corrected chi connectivity index (χ1v) is 6.43. The zero-order valence-electron chi connectivity index (χ0n) is 9.32. The number of carbonyl (C=O) groups excluding carboxylic acids is 1. The topological polar surface area (TPSA) is 30.0 Å². The Hall–Kier alpha value is -0.700. The summed E-state index contributed by atoms with van der Waals surface area (Å²) in [5, 5.41) is 0. The molecule has 1 heterocycles. The molecule has 0 bridgehead atoms. The molecule has 1 aromatic rings. The monoisotopic (exact) mass is 223 g/mol. The molecule has 0 amide bonds. The van der Waals surface area contributed by atoms with Crippen molar-refractivity contribution in [3.05, 3.63) is 16.6 Å². The van der Waals surface area contributed by atoms with E-state index in [1.165, 1.54) is 11.3 Å². The summed E-state index contributed by atoms with van der Waals surface area (Å²) in [6.07, 6.45) is 3.76. The van der Waals surface area contributed by atoms with Crippen molar-refractivity contribution < 1.29 is 4.79 Å². The summed E-state index contributed by atoms with van der Waals surface area (Å²) < 4.78 is 4.32. The Morgan fingerprint density at radius 3 is 3.00 bits per heavy atom. The van der Waals surface area contributed by atoms with Crippen LogP contribution >= 0.6 is 11.5 Å². The van der Waals surface area contributed by atoms with Gasteiger partial charge >= 0.3 is 0 Å². The first-order chi connectivity index (χ1) is 7.20. The molecular formula is C12H17NOS. The van der Waals surface area contributed by atoms with Gasteiger partial charge in [0.15, 0.2) is 0 Å². The Balaban J connectivity index is 2.20. The summed E-state index contributed by atoms with van der Waals surface area (Å²) >= 11 is 1.57. The highest BCUT2D eigenvalue weighted by Gasteiger charge is 2.30. The lowest BCUT2D eigenvalue weighted by atomic mass is 9.76. The van der Waals surface area contributed by atoms with Crippen LogP contribution in [0.25, 0.3) is 0 Å². The lowest BCUT2D eigenvalue weighted by molar-refractivity contribution is -0.121. The van der Waals surface area contributed by atoms with Gasteiger partial charge in [0.1, 0.15) is 5.78 Å². The Labute approximate surface area is 94.9 Å². The van der Waals surface area contributed by atoms with Gasteiger partial charge in [0.2, 0.25) is 0 Å². The van der Waals surface area contributed by atoms with Crippen LogP contribution in [0.15, 0.2) is 6.07 Å². The Morgan fingerprint density at radius 1 is 1.60 bits per heavy atom. The number of hydrogen-bond donors (Lipinski definition) is 0. The number of aromatic nitrogens is 1. The van der Waals surface area contributed by atoms with Crippen LogP contribution in [0.1, 0.15) is 49.1 Å². The molecule has 2 rings (SSSR count). The minimum Gasteiger partial charge on any atom is -0.300 e. The molecule has 1 aromatic heterocycles. The summed E-state index contributed by atoms with van der Waals surface area (Å²) in [7, 11) is 0. The fourth-order valence-corrected chi connectivity index (χ4v) is 3.38. The molecule has 0 radical (unpaired) electrons. The molecule has 1 aliphatic carbocycles. The maximum absolute atomic E-state index is 11.5. The van der Waals surface area contributed by atoms with Gasteiger partial charge in [-0.15, -0.1) is 0 Å². The molecular weight excluding hydrogens is 206 g/mol. The van der Waals surface area contributed by atoms with Crippen LogP contribution in [0.3, 0.4) is 0 Å². The molecule has 1 saturated carbocycles. The van der Waals surface area contributed by atoms with Gasteiger partial charge in [-0.25, -0.2) is 0 Å². The van der Waals surface area contributed by atoms with E-state index in [1.807, 2.05) is 6.92 Å². The van der Waals surface area contributed by atoms with E-state index in [0.717, 1.165) is 25.0 Å². The van der Waals surface area contributed by atoms with Crippen molar-refractivity contribution in [1.29, 1.82) is 0 Å². The SMILES string of the molecule is CCC1CCC(=O)CC1c1cc(C)ns1. The van der Waals surface area contributed by atoms with Crippen molar-refractivity contribution in [2.45, 2.75) is 45.4 Å². The summed E-state index contributed by atoms with van der Waals surface area (Å²) in [4.78, 5) is 12.8. The smallest absolute Gasteiger partial charge is 0.133 e. The van der Waals surface area contributed by atoms with E-state index in [1.54, 1.807) is 11.5 Å². The number of hydrogen-bond acceptors (Lipinski definition) is 3. The van der Waals surface area contributed by atoms with Crippen molar-refractivity contribution in [1.82, 2.24) is 4.37 Å². The van der Waals surface area contributed by atoms with E-state index in [9.17, 15) is 4.79 Å². The molecule has 0 saturated heterocycles. The van der Waals surface area contributed by atoms with E-state index in [4.69, 9.17) is 0 Å². The van der Waals surface area contributed by atoms with Crippen molar-refractivity contribution in [2.75, 3.05) is 0 Å². The molecule has 2 nitrogen and oxygen atoms in total. The summed E-state index contributed by atoms with van der Waals surface area (Å²) in [6, 6.07) is 2.15.